The Balaban J connectivity index is 3.68. The van der Waals surface area contributed by atoms with Crippen LogP contribution in [0.25, 0.3) is 0 Å². The highest BCUT2D eigenvalue weighted by atomic mass is 16.5. The van der Waals surface area contributed by atoms with Gasteiger partial charge in [0.15, 0.2) is 0 Å². The first-order valence-electron chi connectivity index (χ1n) is 5.10. The summed E-state index contributed by atoms with van der Waals surface area (Å²) in [5.41, 5.74) is 0. The highest BCUT2D eigenvalue weighted by Gasteiger charge is 2.13. The lowest BCUT2D eigenvalue weighted by molar-refractivity contribution is -0.136. The summed E-state index contributed by atoms with van der Waals surface area (Å²) in [7, 11) is 3.14. The van der Waals surface area contributed by atoms with E-state index in [0.717, 1.165) is 6.42 Å². The van der Waals surface area contributed by atoms with E-state index in [-0.39, 0.29) is 25.7 Å². The Hall–Kier alpha value is -0.650. The van der Waals surface area contributed by atoms with E-state index in [9.17, 15) is 9.90 Å². The van der Waals surface area contributed by atoms with Crippen molar-refractivity contribution in [1.82, 2.24) is 4.90 Å². The summed E-state index contributed by atoms with van der Waals surface area (Å²) in [4.78, 5) is 12.9. The third kappa shape index (κ3) is 7.30. The summed E-state index contributed by atoms with van der Waals surface area (Å²) in [6.07, 6.45) is 0.249. The molecule has 0 aliphatic heterocycles. The van der Waals surface area contributed by atoms with Gasteiger partial charge in [-0.05, 0) is 6.42 Å². The molecule has 90 valence electrons. The molecular weight excluding hydrogens is 198 g/mol. The molecule has 1 amide bonds. The molecule has 5 nitrogen and oxygen atoms in total. The van der Waals surface area contributed by atoms with Crippen LogP contribution in [0, 0.1) is 0 Å². The average Bonchev–Trinajstić information content (AvgIpc) is 2.18. The third-order valence-electron chi connectivity index (χ3n) is 1.84. The Kier molecular flexibility index (Phi) is 8.27. The predicted molar refractivity (Wildman–Crippen MR) is 56.6 cm³/mol. The van der Waals surface area contributed by atoms with Gasteiger partial charge >= 0.3 is 0 Å². The van der Waals surface area contributed by atoms with Gasteiger partial charge in [-0.15, -0.1) is 0 Å². The molecule has 0 aromatic rings. The van der Waals surface area contributed by atoms with Gasteiger partial charge in [0.1, 0.15) is 6.61 Å². The van der Waals surface area contributed by atoms with Crippen molar-refractivity contribution >= 4 is 5.91 Å². The molecule has 1 N–H and O–H groups in total. The van der Waals surface area contributed by atoms with Crippen molar-refractivity contribution in [2.75, 3.05) is 40.5 Å². The minimum absolute atomic E-state index is 0.0735. The molecule has 0 aliphatic rings. The van der Waals surface area contributed by atoms with Gasteiger partial charge in [-0.2, -0.15) is 0 Å². The number of carbonyl (C=O) groups is 1. The minimum Gasteiger partial charge on any atom is -0.389 e. The SMILES string of the molecule is CCCOCC(=O)N(C)CC(O)COC. The normalized spacial score (nSPS) is 12.5. The summed E-state index contributed by atoms with van der Waals surface area (Å²) in [5, 5.41) is 9.38. The van der Waals surface area contributed by atoms with E-state index in [1.165, 1.54) is 12.0 Å². The Bertz CT molecular complexity index is 175. The van der Waals surface area contributed by atoms with Crippen LogP contribution in [0.3, 0.4) is 0 Å². The topological polar surface area (TPSA) is 59.0 Å². The molecule has 0 saturated heterocycles. The zero-order chi connectivity index (χ0) is 11.7. The standard InChI is InChI=1S/C10H21NO4/c1-4-5-15-8-10(13)11(2)6-9(12)7-14-3/h9,12H,4-8H2,1-3H3. The maximum atomic E-state index is 11.4. The van der Waals surface area contributed by atoms with E-state index in [1.54, 1.807) is 7.05 Å². The van der Waals surface area contributed by atoms with E-state index >= 15 is 0 Å². The number of hydrogen-bond donors (Lipinski definition) is 1. The molecule has 0 aliphatic carbocycles. The molecular formula is C10H21NO4. The Labute approximate surface area is 91.0 Å². The molecule has 0 radical (unpaired) electrons. The molecule has 0 fully saturated rings. The number of aliphatic hydroxyl groups excluding tert-OH is 1. The second kappa shape index (κ2) is 8.64. The lowest BCUT2D eigenvalue weighted by Gasteiger charge is -2.20. The fraction of sp³-hybridized carbons (Fsp3) is 0.900. The highest BCUT2D eigenvalue weighted by molar-refractivity contribution is 5.77. The first-order valence-corrected chi connectivity index (χ1v) is 5.10. The second-order valence-electron chi connectivity index (χ2n) is 3.44. The van der Waals surface area contributed by atoms with Gasteiger partial charge in [0.05, 0.1) is 12.7 Å². The van der Waals surface area contributed by atoms with Crippen molar-refractivity contribution < 1.29 is 19.4 Å². The molecule has 0 aromatic heterocycles. The summed E-state index contributed by atoms with van der Waals surface area (Å²) in [6, 6.07) is 0. The number of methoxy groups -OCH3 is 1. The molecule has 0 spiro atoms. The Morgan fingerprint density at radius 1 is 1.53 bits per heavy atom. The molecule has 15 heavy (non-hydrogen) atoms. The summed E-state index contributed by atoms with van der Waals surface area (Å²) < 4.78 is 9.87. The Morgan fingerprint density at radius 3 is 2.73 bits per heavy atom. The van der Waals surface area contributed by atoms with Gasteiger partial charge in [-0.25, -0.2) is 0 Å². The molecule has 1 unspecified atom stereocenters. The quantitative estimate of drug-likeness (QED) is 0.578. The van der Waals surface area contributed by atoms with E-state index in [4.69, 9.17) is 9.47 Å². The largest absolute Gasteiger partial charge is 0.389 e. The summed E-state index contributed by atoms with van der Waals surface area (Å²) in [5.74, 6) is -0.126. The number of rotatable bonds is 8. The van der Waals surface area contributed by atoms with Crippen molar-refractivity contribution in [2.24, 2.45) is 0 Å². The van der Waals surface area contributed by atoms with Crippen LogP contribution in [0.4, 0.5) is 0 Å². The van der Waals surface area contributed by atoms with E-state index < -0.39 is 6.10 Å². The Morgan fingerprint density at radius 2 is 2.20 bits per heavy atom. The van der Waals surface area contributed by atoms with Crippen LogP contribution in [0.2, 0.25) is 0 Å². The number of aliphatic hydroxyl groups is 1. The predicted octanol–water partition coefficient (Wildman–Crippen LogP) is -0.121. The van der Waals surface area contributed by atoms with Crippen molar-refractivity contribution in [1.29, 1.82) is 0 Å². The number of likely N-dealkylation sites (N-methyl/N-ethyl adjacent to an activating group) is 1. The molecule has 1 atom stereocenters. The maximum Gasteiger partial charge on any atom is 0.248 e. The molecule has 5 heteroatoms. The first-order chi connectivity index (χ1) is 7.11. The monoisotopic (exact) mass is 219 g/mol. The van der Waals surface area contributed by atoms with Gasteiger partial charge in [-0.3, -0.25) is 4.79 Å². The molecule has 0 aromatic carbocycles. The van der Waals surface area contributed by atoms with Crippen LogP contribution in [-0.4, -0.2) is 62.5 Å². The van der Waals surface area contributed by atoms with E-state index in [2.05, 4.69) is 0 Å². The minimum atomic E-state index is -0.643. The fourth-order valence-corrected chi connectivity index (χ4v) is 1.08. The smallest absolute Gasteiger partial charge is 0.248 e. The van der Waals surface area contributed by atoms with Crippen molar-refractivity contribution in [3.8, 4) is 0 Å². The third-order valence-corrected chi connectivity index (χ3v) is 1.84. The summed E-state index contributed by atoms with van der Waals surface area (Å²) in [6.45, 7) is 3.14. The van der Waals surface area contributed by atoms with Crippen LogP contribution in [-0.2, 0) is 14.3 Å². The number of nitrogens with zero attached hydrogens (tertiary/aromatic N) is 1. The average molecular weight is 219 g/mol. The van der Waals surface area contributed by atoms with Crippen molar-refractivity contribution in [3.05, 3.63) is 0 Å². The van der Waals surface area contributed by atoms with Crippen LogP contribution in [0.1, 0.15) is 13.3 Å². The lowest BCUT2D eigenvalue weighted by atomic mass is 10.3. The van der Waals surface area contributed by atoms with Gasteiger partial charge in [0, 0.05) is 27.3 Å². The van der Waals surface area contributed by atoms with Crippen molar-refractivity contribution in [2.45, 2.75) is 19.4 Å². The maximum absolute atomic E-state index is 11.4. The zero-order valence-electron chi connectivity index (χ0n) is 9.73. The van der Waals surface area contributed by atoms with Crippen LogP contribution in [0.5, 0.6) is 0 Å². The lowest BCUT2D eigenvalue weighted by Crippen LogP contribution is -2.38. The zero-order valence-corrected chi connectivity index (χ0v) is 9.73. The van der Waals surface area contributed by atoms with Crippen LogP contribution < -0.4 is 0 Å². The highest BCUT2D eigenvalue weighted by Crippen LogP contribution is 1.92. The summed E-state index contributed by atoms with van der Waals surface area (Å²) >= 11 is 0. The van der Waals surface area contributed by atoms with Gasteiger partial charge in [-0.1, -0.05) is 6.92 Å². The van der Waals surface area contributed by atoms with Gasteiger partial charge in [0.25, 0.3) is 0 Å². The van der Waals surface area contributed by atoms with E-state index in [1.807, 2.05) is 6.92 Å². The molecule has 0 saturated carbocycles. The molecule has 0 heterocycles. The number of ether oxygens (including phenoxy) is 2. The van der Waals surface area contributed by atoms with Crippen molar-refractivity contribution in [3.63, 3.8) is 0 Å². The number of amides is 1. The molecule has 0 bridgehead atoms. The first kappa shape index (κ1) is 14.3. The second-order valence-corrected chi connectivity index (χ2v) is 3.44. The molecule has 0 rings (SSSR count). The fourth-order valence-electron chi connectivity index (χ4n) is 1.08. The number of hydrogen-bond acceptors (Lipinski definition) is 4. The van der Waals surface area contributed by atoms with Crippen LogP contribution >= 0.6 is 0 Å². The van der Waals surface area contributed by atoms with Crippen LogP contribution in [0.15, 0.2) is 0 Å². The number of carbonyl (C=O) groups excluding carboxylic acids is 1. The van der Waals surface area contributed by atoms with E-state index in [0.29, 0.717) is 6.61 Å². The van der Waals surface area contributed by atoms with Gasteiger partial charge in [0.2, 0.25) is 5.91 Å². The van der Waals surface area contributed by atoms with Gasteiger partial charge < -0.3 is 19.5 Å².